The van der Waals surface area contributed by atoms with E-state index in [1.54, 1.807) is 36.4 Å². The number of allylic oxidation sites excluding steroid dienone is 3. The van der Waals surface area contributed by atoms with Crippen LogP contribution in [0.3, 0.4) is 0 Å². The molecule has 0 aliphatic carbocycles. The molecule has 0 amide bonds. The molecule has 20 heavy (non-hydrogen) atoms. The lowest BCUT2D eigenvalue weighted by molar-refractivity contribution is 0.475. The van der Waals surface area contributed by atoms with Crippen LogP contribution >= 0.6 is 0 Å². The average molecular weight is 266 g/mol. The molecule has 104 valence electrons. The number of phenolic OH excluding ortho intramolecular Hbond substituents is 1. The van der Waals surface area contributed by atoms with Crippen LogP contribution in [0.15, 0.2) is 92.6 Å². The fraction of sp³-hybridized carbons (Fsp3) is 0.0526. The summed E-state index contributed by atoms with van der Waals surface area (Å²) in [5.41, 5.74) is 2.34. The van der Waals surface area contributed by atoms with Crippen molar-refractivity contribution in [2.45, 2.75) is 6.92 Å². The Morgan fingerprint density at radius 3 is 1.45 bits per heavy atom. The van der Waals surface area contributed by atoms with Crippen molar-refractivity contribution < 1.29 is 5.11 Å². The van der Waals surface area contributed by atoms with Gasteiger partial charge in [0.25, 0.3) is 0 Å². The van der Waals surface area contributed by atoms with E-state index in [1.165, 1.54) is 5.56 Å². The van der Waals surface area contributed by atoms with Crippen molar-refractivity contribution >= 4 is 5.57 Å². The SMILES string of the molecule is C=C(C)c1ccccc1.C=CC=C.Oc1ccccc1. The number of benzene rings is 2. The van der Waals surface area contributed by atoms with Gasteiger partial charge in [-0.3, -0.25) is 0 Å². The summed E-state index contributed by atoms with van der Waals surface area (Å²) in [4.78, 5) is 0. The minimum atomic E-state index is 0.322. The molecule has 0 aliphatic heterocycles. The molecule has 0 heterocycles. The molecule has 0 saturated carbocycles. The van der Waals surface area contributed by atoms with Crippen molar-refractivity contribution in [3.05, 3.63) is 98.1 Å². The molecule has 0 fully saturated rings. The molecular formula is C19H22O. The van der Waals surface area contributed by atoms with E-state index in [4.69, 9.17) is 5.11 Å². The Bertz CT molecular complexity index is 492. The Morgan fingerprint density at radius 1 is 0.850 bits per heavy atom. The molecule has 0 saturated heterocycles. The first-order valence-electron chi connectivity index (χ1n) is 6.30. The lowest BCUT2D eigenvalue weighted by Gasteiger charge is -1.94. The minimum Gasteiger partial charge on any atom is -0.508 e. The van der Waals surface area contributed by atoms with Crippen molar-refractivity contribution in [1.29, 1.82) is 0 Å². The maximum Gasteiger partial charge on any atom is 0.115 e. The van der Waals surface area contributed by atoms with Crippen molar-refractivity contribution in [2.24, 2.45) is 0 Å². The zero-order chi connectivity index (χ0) is 15.2. The Hall–Kier alpha value is -2.54. The van der Waals surface area contributed by atoms with Crippen molar-refractivity contribution in [3.63, 3.8) is 0 Å². The van der Waals surface area contributed by atoms with Crippen LogP contribution in [-0.4, -0.2) is 5.11 Å². The standard InChI is InChI=1S/C9H10.C6H6O.C4H6/c1-8(2)9-6-4-3-5-7-9;7-6-4-2-1-3-5-6;1-3-4-2/h3-7H,1H2,2H3;1-5,7H;3-4H,1-2H2. The molecule has 2 rings (SSSR count). The first-order valence-corrected chi connectivity index (χ1v) is 6.30. The third-order valence-corrected chi connectivity index (χ3v) is 2.19. The monoisotopic (exact) mass is 266 g/mol. The van der Waals surface area contributed by atoms with Crippen LogP contribution in [0.25, 0.3) is 5.57 Å². The lowest BCUT2D eigenvalue weighted by atomic mass is 10.1. The van der Waals surface area contributed by atoms with Gasteiger partial charge in [-0.25, -0.2) is 0 Å². The highest BCUT2D eigenvalue weighted by atomic mass is 16.3. The van der Waals surface area contributed by atoms with Gasteiger partial charge in [0, 0.05) is 0 Å². The fourth-order valence-electron chi connectivity index (χ4n) is 1.15. The van der Waals surface area contributed by atoms with Gasteiger partial charge in [-0.2, -0.15) is 0 Å². The summed E-state index contributed by atoms with van der Waals surface area (Å²) in [5.74, 6) is 0.322. The van der Waals surface area contributed by atoms with Crippen LogP contribution in [-0.2, 0) is 0 Å². The first-order chi connectivity index (χ1) is 9.61. The third kappa shape index (κ3) is 9.49. The highest BCUT2D eigenvalue weighted by Crippen LogP contribution is 2.08. The second-order valence-corrected chi connectivity index (χ2v) is 3.95. The predicted octanol–water partition coefficient (Wildman–Crippen LogP) is 5.47. The summed E-state index contributed by atoms with van der Waals surface area (Å²) in [6.45, 7) is 12.6. The summed E-state index contributed by atoms with van der Waals surface area (Å²) >= 11 is 0. The zero-order valence-corrected chi connectivity index (χ0v) is 12.0. The largest absolute Gasteiger partial charge is 0.508 e. The quantitative estimate of drug-likeness (QED) is 0.714. The van der Waals surface area contributed by atoms with Gasteiger partial charge in [-0.15, -0.1) is 0 Å². The summed E-state index contributed by atoms with van der Waals surface area (Å²) in [6.07, 6.45) is 3.28. The topological polar surface area (TPSA) is 20.2 Å². The number of hydrogen-bond donors (Lipinski definition) is 1. The Kier molecular flexibility index (Phi) is 10.1. The molecule has 2 aromatic rings. The third-order valence-electron chi connectivity index (χ3n) is 2.19. The van der Waals surface area contributed by atoms with E-state index < -0.39 is 0 Å². The van der Waals surface area contributed by atoms with Gasteiger partial charge in [0.1, 0.15) is 5.75 Å². The zero-order valence-electron chi connectivity index (χ0n) is 12.0. The number of rotatable bonds is 2. The molecule has 0 aromatic heterocycles. The Labute approximate surface area is 122 Å². The normalized spacial score (nSPS) is 8.05. The molecule has 0 atom stereocenters. The number of aromatic hydroxyl groups is 1. The van der Waals surface area contributed by atoms with E-state index in [9.17, 15) is 0 Å². The van der Waals surface area contributed by atoms with Gasteiger partial charge in [-0.05, 0) is 24.6 Å². The van der Waals surface area contributed by atoms with Gasteiger partial charge in [-0.1, -0.05) is 86.0 Å². The van der Waals surface area contributed by atoms with E-state index in [1.807, 2.05) is 31.2 Å². The maximum absolute atomic E-state index is 8.63. The van der Waals surface area contributed by atoms with Gasteiger partial charge < -0.3 is 5.11 Å². The second-order valence-electron chi connectivity index (χ2n) is 3.95. The highest BCUT2D eigenvalue weighted by Gasteiger charge is 1.86. The Balaban J connectivity index is 0.000000293. The average Bonchev–Trinajstić information content (AvgIpc) is 2.50. The molecule has 1 nitrogen and oxygen atoms in total. The summed E-state index contributed by atoms with van der Waals surface area (Å²) in [5, 5.41) is 8.63. The van der Waals surface area contributed by atoms with Crippen LogP contribution in [0, 0.1) is 0 Å². The smallest absolute Gasteiger partial charge is 0.115 e. The first kappa shape index (κ1) is 17.5. The summed E-state index contributed by atoms with van der Waals surface area (Å²) < 4.78 is 0. The number of para-hydroxylation sites is 1. The van der Waals surface area contributed by atoms with Gasteiger partial charge >= 0.3 is 0 Å². The van der Waals surface area contributed by atoms with Crippen molar-refractivity contribution in [2.75, 3.05) is 0 Å². The molecule has 0 unspecified atom stereocenters. The Morgan fingerprint density at radius 2 is 1.25 bits per heavy atom. The molecular weight excluding hydrogens is 244 g/mol. The number of phenols is 1. The predicted molar refractivity (Wildman–Crippen MR) is 89.7 cm³/mol. The van der Waals surface area contributed by atoms with Crippen LogP contribution in [0.5, 0.6) is 5.75 Å². The lowest BCUT2D eigenvalue weighted by Crippen LogP contribution is -1.72. The molecule has 0 spiro atoms. The van der Waals surface area contributed by atoms with Crippen molar-refractivity contribution in [3.8, 4) is 5.75 Å². The van der Waals surface area contributed by atoms with E-state index in [0.717, 1.165) is 5.57 Å². The molecule has 1 heteroatoms. The van der Waals surface area contributed by atoms with Crippen LogP contribution in [0.1, 0.15) is 12.5 Å². The minimum absolute atomic E-state index is 0.322. The maximum atomic E-state index is 8.63. The summed E-state index contributed by atoms with van der Waals surface area (Å²) in [7, 11) is 0. The molecule has 0 radical (unpaired) electrons. The molecule has 0 aliphatic rings. The van der Waals surface area contributed by atoms with Crippen LogP contribution < -0.4 is 0 Å². The van der Waals surface area contributed by atoms with Crippen LogP contribution in [0.4, 0.5) is 0 Å². The van der Waals surface area contributed by atoms with Gasteiger partial charge in [0.2, 0.25) is 0 Å². The fourth-order valence-corrected chi connectivity index (χ4v) is 1.15. The molecule has 1 N–H and O–H groups in total. The number of hydrogen-bond acceptors (Lipinski definition) is 1. The van der Waals surface area contributed by atoms with E-state index in [2.05, 4.69) is 31.9 Å². The van der Waals surface area contributed by atoms with Crippen LogP contribution in [0.2, 0.25) is 0 Å². The van der Waals surface area contributed by atoms with E-state index in [0.29, 0.717) is 5.75 Å². The molecule has 2 aromatic carbocycles. The van der Waals surface area contributed by atoms with Crippen molar-refractivity contribution in [1.82, 2.24) is 0 Å². The van der Waals surface area contributed by atoms with Gasteiger partial charge in [0.05, 0.1) is 0 Å². The van der Waals surface area contributed by atoms with E-state index in [-0.39, 0.29) is 0 Å². The molecule has 0 bridgehead atoms. The van der Waals surface area contributed by atoms with Gasteiger partial charge in [0.15, 0.2) is 0 Å². The summed E-state index contributed by atoms with van der Waals surface area (Å²) in [6, 6.07) is 18.9. The van der Waals surface area contributed by atoms with E-state index >= 15 is 0 Å². The highest BCUT2D eigenvalue weighted by molar-refractivity contribution is 5.60. The second kappa shape index (κ2) is 11.5.